The van der Waals surface area contributed by atoms with E-state index < -0.39 is 10.0 Å². The van der Waals surface area contributed by atoms with Gasteiger partial charge in [-0.3, -0.25) is 0 Å². The van der Waals surface area contributed by atoms with Crippen LogP contribution in [0.3, 0.4) is 0 Å². The number of hydrogen-bond donors (Lipinski definition) is 1. The molecule has 0 spiro atoms. The van der Waals surface area contributed by atoms with Gasteiger partial charge < -0.3 is 9.30 Å². The van der Waals surface area contributed by atoms with Gasteiger partial charge in [-0.05, 0) is 5.56 Å². The average molecular weight is 307 g/mol. The van der Waals surface area contributed by atoms with Gasteiger partial charge in [0.2, 0.25) is 10.0 Å². The van der Waals surface area contributed by atoms with Crippen LogP contribution in [0.15, 0.2) is 42.7 Å². The third-order valence-corrected chi connectivity index (χ3v) is 4.70. The van der Waals surface area contributed by atoms with Crippen LogP contribution in [0, 0.1) is 0 Å². The number of nitrogens with zero attached hydrogens (tertiary/aromatic N) is 2. The lowest BCUT2D eigenvalue weighted by atomic mass is 10.2. The number of hydrogen-bond acceptors (Lipinski definition) is 4. The van der Waals surface area contributed by atoms with Gasteiger partial charge in [0, 0.05) is 18.9 Å². The van der Waals surface area contributed by atoms with Gasteiger partial charge in [0.15, 0.2) is 0 Å². The van der Waals surface area contributed by atoms with Crippen LogP contribution < -0.4 is 4.72 Å². The van der Waals surface area contributed by atoms with Gasteiger partial charge >= 0.3 is 0 Å². The number of rotatable bonds is 5. The van der Waals surface area contributed by atoms with Crippen LogP contribution in [0.1, 0.15) is 11.4 Å². The molecular weight excluding hydrogens is 290 g/mol. The van der Waals surface area contributed by atoms with Crippen molar-refractivity contribution >= 4 is 10.0 Å². The van der Waals surface area contributed by atoms with E-state index in [1.807, 2.05) is 29.0 Å². The zero-order valence-corrected chi connectivity index (χ0v) is 12.3. The van der Waals surface area contributed by atoms with E-state index in [1.165, 1.54) is 0 Å². The number of aromatic nitrogens is 2. The molecule has 7 heteroatoms. The van der Waals surface area contributed by atoms with Gasteiger partial charge in [-0.2, -0.15) is 0 Å². The van der Waals surface area contributed by atoms with Crippen LogP contribution in [0.4, 0.5) is 0 Å². The van der Waals surface area contributed by atoms with Crippen molar-refractivity contribution in [3.05, 3.63) is 54.1 Å². The summed E-state index contributed by atoms with van der Waals surface area (Å²) in [5.41, 5.74) is 0.770. The standard InChI is InChI=1S/C14H17N3O3S/c18-21(19,11-12-4-2-1-3-5-12)16-8-13-9-17-7-6-15-14(17)10-20-13/h1-7,13,16H,8-11H2/t13-/m0/s1. The Bertz CT molecular complexity index is 697. The van der Waals surface area contributed by atoms with Crippen LogP contribution in [0.2, 0.25) is 0 Å². The molecule has 1 aliphatic heterocycles. The molecular formula is C14H17N3O3S. The van der Waals surface area contributed by atoms with Crippen molar-refractivity contribution in [2.75, 3.05) is 6.54 Å². The highest BCUT2D eigenvalue weighted by atomic mass is 32.2. The molecule has 1 atom stereocenters. The molecule has 6 nitrogen and oxygen atoms in total. The first-order valence-electron chi connectivity index (χ1n) is 6.75. The Kier molecular flexibility index (Phi) is 4.05. The summed E-state index contributed by atoms with van der Waals surface area (Å²) < 4.78 is 34.3. The smallest absolute Gasteiger partial charge is 0.215 e. The van der Waals surface area contributed by atoms with Crippen LogP contribution in [-0.4, -0.2) is 30.6 Å². The summed E-state index contributed by atoms with van der Waals surface area (Å²) >= 11 is 0. The second-order valence-corrected chi connectivity index (χ2v) is 6.83. The van der Waals surface area contributed by atoms with E-state index in [1.54, 1.807) is 18.3 Å². The van der Waals surface area contributed by atoms with Gasteiger partial charge in [0.25, 0.3) is 0 Å². The summed E-state index contributed by atoms with van der Waals surface area (Å²) in [6, 6.07) is 9.12. The highest BCUT2D eigenvalue weighted by Gasteiger charge is 2.21. The number of ether oxygens (including phenoxy) is 1. The monoisotopic (exact) mass is 307 g/mol. The van der Waals surface area contributed by atoms with Crippen molar-refractivity contribution in [2.24, 2.45) is 0 Å². The van der Waals surface area contributed by atoms with E-state index in [0.717, 1.165) is 11.4 Å². The maximum absolute atomic E-state index is 12.1. The summed E-state index contributed by atoms with van der Waals surface area (Å²) in [6.07, 6.45) is 3.43. The van der Waals surface area contributed by atoms with Crippen molar-refractivity contribution in [2.45, 2.75) is 25.0 Å². The lowest BCUT2D eigenvalue weighted by molar-refractivity contribution is 0.00585. The Morgan fingerprint density at radius 1 is 1.33 bits per heavy atom. The zero-order chi connectivity index (χ0) is 14.7. The zero-order valence-electron chi connectivity index (χ0n) is 11.5. The molecule has 3 rings (SSSR count). The molecule has 0 radical (unpaired) electrons. The van der Waals surface area contributed by atoms with E-state index >= 15 is 0 Å². The van der Waals surface area contributed by atoms with Crippen molar-refractivity contribution < 1.29 is 13.2 Å². The molecule has 0 bridgehead atoms. The Labute approximate surface area is 123 Å². The number of fused-ring (bicyclic) bond motifs is 1. The Morgan fingerprint density at radius 3 is 2.95 bits per heavy atom. The summed E-state index contributed by atoms with van der Waals surface area (Å²) in [5.74, 6) is 0.857. The highest BCUT2D eigenvalue weighted by molar-refractivity contribution is 7.88. The molecule has 21 heavy (non-hydrogen) atoms. The lowest BCUT2D eigenvalue weighted by Gasteiger charge is -2.24. The molecule has 0 amide bonds. The van der Waals surface area contributed by atoms with E-state index in [-0.39, 0.29) is 18.4 Å². The van der Waals surface area contributed by atoms with Crippen LogP contribution in [-0.2, 0) is 33.7 Å². The first-order chi connectivity index (χ1) is 10.1. The summed E-state index contributed by atoms with van der Waals surface area (Å²) in [4.78, 5) is 4.16. The average Bonchev–Trinajstić information content (AvgIpc) is 2.93. The molecule has 112 valence electrons. The van der Waals surface area contributed by atoms with Crippen LogP contribution in [0.5, 0.6) is 0 Å². The van der Waals surface area contributed by atoms with Crippen molar-refractivity contribution in [3.8, 4) is 0 Å². The quantitative estimate of drug-likeness (QED) is 0.891. The molecule has 0 saturated carbocycles. The topological polar surface area (TPSA) is 73.2 Å². The summed E-state index contributed by atoms with van der Waals surface area (Å²) in [6.45, 7) is 1.30. The highest BCUT2D eigenvalue weighted by Crippen LogP contribution is 2.12. The summed E-state index contributed by atoms with van der Waals surface area (Å²) in [7, 11) is -3.35. The first-order valence-corrected chi connectivity index (χ1v) is 8.40. The fourth-order valence-corrected chi connectivity index (χ4v) is 3.47. The predicted octanol–water partition coefficient (Wildman–Crippen LogP) is 0.901. The number of sulfonamides is 1. The number of nitrogens with one attached hydrogen (secondary N) is 1. The maximum atomic E-state index is 12.1. The SMILES string of the molecule is O=S(=O)(Cc1ccccc1)NC[C@H]1Cn2ccnc2CO1. The summed E-state index contributed by atoms with van der Waals surface area (Å²) in [5, 5.41) is 0. The first kappa shape index (κ1) is 14.2. The van der Waals surface area contributed by atoms with Crippen molar-refractivity contribution in [1.82, 2.24) is 14.3 Å². The Morgan fingerprint density at radius 2 is 2.14 bits per heavy atom. The van der Waals surface area contributed by atoms with Crippen LogP contribution >= 0.6 is 0 Å². The Hall–Kier alpha value is -1.70. The minimum atomic E-state index is -3.35. The minimum absolute atomic E-state index is 0.0170. The third kappa shape index (κ3) is 3.69. The molecule has 1 aliphatic rings. The molecule has 0 aliphatic carbocycles. The van der Waals surface area contributed by atoms with Gasteiger partial charge in [0.05, 0.1) is 18.4 Å². The van der Waals surface area contributed by atoms with E-state index in [2.05, 4.69) is 9.71 Å². The molecule has 2 heterocycles. The predicted molar refractivity (Wildman–Crippen MR) is 77.9 cm³/mol. The largest absolute Gasteiger partial charge is 0.367 e. The normalized spacial score (nSPS) is 18.4. The molecule has 0 saturated heterocycles. The molecule has 0 fully saturated rings. The fourth-order valence-electron chi connectivity index (χ4n) is 2.30. The van der Waals surface area contributed by atoms with Gasteiger partial charge in [-0.25, -0.2) is 18.1 Å². The van der Waals surface area contributed by atoms with Gasteiger partial charge in [-0.15, -0.1) is 0 Å². The third-order valence-electron chi connectivity index (χ3n) is 3.38. The van der Waals surface area contributed by atoms with Crippen molar-refractivity contribution in [1.29, 1.82) is 0 Å². The number of imidazole rings is 1. The fraction of sp³-hybridized carbons (Fsp3) is 0.357. The molecule has 0 unspecified atom stereocenters. The second-order valence-electron chi connectivity index (χ2n) is 5.02. The number of benzene rings is 1. The van der Waals surface area contributed by atoms with Gasteiger partial charge in [0.1, 0.15) is 12.4 Å². The van der Waals surface area contributed by atoms with E-state index in [4.69, 9.17) is 4.74 Å². The molecule has 2 aromatic rings. The van der Waals surface area contributed by atoms with E-state index in [9.17, 15) is 8.42 Å². The van der Waals surface area contributed by atoms with E-state index in [0.29, 0.717) is 13.2 Å². The maximum Gasteiger partial charge on any atom is 0.215 e. The molecule has 1 N–H and O–H groups in total. The van der Waals surface area contributed by atoms with Crippen LogP contribution in [0.25, 0.3) is 0 Å². The minimum Gasteiger partial charge on any atom is -0.367 e. The second kappa shape index (κ2) is 5.97. The molecule has 1 aromatic carbocycles. The Balaban J connectivity index is 1.55. The molecule has 1 aromatic heterocycles. The van der Waals surface area contributed by atoms with Gasteiger partial charge in [-0.1, -0.05) is 30.3 Å². The van der Waals surface area contributed by atoms with Crippen molar-refractivity contribution in [3.63, 3.8) is 0 Å². The lowest BCUT2D eigenvalue weighted by Crippen LogP contribution is -2.39.